The Morgan fingerprint density at radius 3 is 1.27 bits per heavy atom. The lowest BCUT2D eigenvalue weighted by Crippen LogP contribution is -2.44. The highest BCUT2D eigenvalue weighted by Gasteiger charge is 2.21. The summed E-state index contributed by atoms with van der Waals surface area (Å²) in [5.41, 5.74) is 0. The summed E-state index contributed by atoms with van der Waals surface area (Å²) in [6.45, 7) is 4.57. The van der Waals surface area contributed by atoms with Crippen molar-refractivity contribution in [2.75, 3.05) is 47.5 Å². The van der Waals surface area contributed by atoms with Crippen LogP contribution in [0.15, 0.2) is 85.1 Å². The van der Waals surface area contributed by atoms with Gasteiger partial charge in [0.2, 0.25) is 0 Å². The second-order valence-corrected chi connectivity index (χ2v) is 18.4. The molecule has 2 atom stereocenters. The first kappa shape index (κ1) is 62.5. The van der Waals surface area contributed by atoms with Crippen molar-refractivity contribution in [3.63, 3.8) is 0 Å². The van der Waals surface area contributed by atoms with Crippen molar-refractivity contribution in [1.29, 1.82) is 0 Å². The number of hydrogen-bond acceptors (Lipinski definition) is 8. The standard InChI is InChI=1S/C57H97NO8/c1-6-8-10-12-14-16-18-20-22-24-26-27-28-29-30-32-34-36-38-40-42-44-46-48-55(60)66-53(52-65-57(56(61)62)63-50-49-58(3,4)5)51-64-54(59)47-45-43-41-39-37-35-33-31-25-23-21-19-17-15-13-11-9-7-2/h8,10,14,16,20,22,26-27,29-30,34,36,40,42,53,57H,6-7,9,11-13,15,17-19,21,23-25,28,31-33,35,37-39,41,43-52H2,1-5H3/b10-8-,16-14-,22-20-,27-26-,30-29-,36-34-,42-40-. The predicted octanol–water partition coefficient (Wildman–Crippen LogP) is 13.5. The van der Waals surface area contributed by atoms with Gasteiger partial charge in [-0.2, -0.15) is 0 Å². The third kappa shape index (κ3) is 48.4. The Hall–Kier alpha value is -3.53. The minimum Gasteiger partial charge on any atom is -0.545 e. The van der Waals surface area contributed by atoms with Crippen molar-refractivity contribution in [3.05, 3.63) is 85.1 Å². The Morgan fingerprint density at radius 1 is 0.470 bits per heavy atom. The lowest BCUT2D eigenvalue weighted by molar-refractivity contribution is -0.870. The zero-order chi connectivity index (χ0) is 48.4. The van der Waals surface area contributed by atoms with E-state index < -0.39 is 24.3 Å². The average molecular weight is 924 g/mol. The van der Waals surface area contributed by atoms with Crippen LogP contribution in [0.25, 0.3) is 0 Å². The molecule has 0 saturated carbocycles. The third-order valence-electron chi connectivity index (χ3n) is 10.9. The molecule has 0 rings (SSSR count). The summed E-state index contributed by atoms with van der Waals surface area (Å²) in [7, 11) is 5.89. The van der Waals surface area contributed by atoms with Gasteiger partial charge in [0.1, 0.15) is 13.2 Å². The van der Waals surface area contributed by atoms with Gasteiger partial charge in [0, 0.05) is 12.8 Å². The molecule has 0 aliphatic carbocycles. The van der Waals surface area contributed by atoms with Gasteiger partial charge in [0.05, 0.1) is 40.3 Å². The molecule has 0 bridgehead atoms. The number of aliphatic carboxylic acids is 1. The third-order valence-corrected chi connectivity index (χ3v) is 10.9. The molecule has 9 nitrogen and oxygen atoms in total. The molecule has 378 valence electrons. The number of carboxylic acids is 1. The number of esters is 2. The van der Waals surface area contributed by atoms with E-state index >= 15 is 0 Å². The Morgan fingerprint density at radius 2 is 0.864 bits per heavy atom. The summed E-state index contributed by atoms with van der Waals surface area (Å²) < 4.78 is 22.6. The van der Waals surface area contributed by atoms with E-state index in [2.05, 4.69) is 92.8 Å². The average Bonchev–Trinajstić information content (AvgIpc) is 3.28. The molecule has 2 unspecified atom stereocenters. The van der Waals surface area contributed by atoms with Crippen molar-refractivity contribution in [1.82, 2.24) is 0 Å². The molecule has 0 spiro atoms. The van der Waals surface area contributed by atoms with Crippen LogP contribution in [0.4, 0.5) is 0 Å². The minimum absolute atomic E-state index is 0.134. The van der Waals surface area contributed by atoms with Crippen LogP contribution in [0, 0.1) is 0 Å². The number of quaternary nitrogens is 1. The fraction of sp³-hybridized carbons (Fsp3) is 0.702. The van der Waals surface area contributed by atoms with Gasteiger partial charge < -0.3 is 33.3 Å². The van der Waals surface area contributed by atoms with Gasteiger partial charge in [-0.25, -0.2) is 0 Å². The summed E-state index contributed by atoms with van der Waals surface area (Å²) in [4.78, 5) is 37.1. The van der Waals surface area contributed by atoms with Crippen LogP contribution in [0.3, 0.4) is 0 Å². The molecule has 0 heterocycles. The van der Waals surface area contributed by atoms with Crippen LogP contribution in [0.5, 0.6) is 0 Å². The van der Waals surface area contributed by atoms with E-state index in [1.54, 1.807) is 0 Å². The van der Waals surface area contributed by atoms with Gasteiger partial charge in [-0.15, -0.1) is 0 Å². The van der Waals surface area contributed by atoms with E-state index in [-0.39, 0.29) is 38.6 Å². The van der Waals surface area contributed by atoms with E-state index in [0.717, 1.165) is 64.2 Å². The lowest BCUT2D eigenvalue weighted by Gasteiger charge is -2.26. The smallest absolute Gasteiger partial charge is 0.306 e. The van der Waals surface area contributed by atoms with Crippen LogP contribution >= 0.6 is 0 Å². The van der Waals surface area contributed by atoms with Crippen LogP contribution in [0.1, 0.15) is 200 Å². The number of rotatable bonds is 47. The molecule has 66 heavy (non-hydrogen) atoms. The summed E-state index contributed by atoms with van der Waals surface area (Å²) >= 11 is 0. The zero-order valence-electron chi connectivity index (χ0n) is 42.8. The number of carbonyl (C=O) groups excluding carboxylic acids is 3. The quantitative estimate of drug-likeness (QED) is 0.0195. The second-order valence-electron chi connectivity index (χ2n) is 18.4. The monoisotopic (exact) mass is 924 g/mol. The number of carboxylic acid groups (broad SMARTS) is 1. The Balaban J connectivity index is 4.45. The molecule has 0 saturated heterocycles. The second kappa shape index (κ2) is 47.9. The normalized spacial score (nSPS) is 13.5. The van der Waals surface area contributed by atoms with Crippen molar-refractivity contribution >= 4 is 17.9 Å². The molecule has 0 aromatic carbocycles. The fourth-order valence-corrected chi connectivity index (χ4v) is 6.88. The first-order valence-electron chi connectivity index (χ1n) is 26.2. The van der Waals surface area contributed by atoms with Crippen molar-refractivity contribution in [3.8, 4) is 0 Å². The Kier molecular flexibility index (Phi) is 45.4. The van der Waals surface area contributed by atoms with Crippen LogP contribution < -0.4 is 5.11 Å². The van der Waals surface area contributed by atoms with E-state index in [1.807, 2.05) is 27.2 Å². The lowest BCUT2D eigenvalue weighted by atomic mass is 10.0. The number of ether oxygens (including phenoxy) is 4. The van der Waals surface area contributed by atoms with Crippen LogP contribution in [0.2, 0.25) is 0 Å². The maximum atomic E-state index is 12.8. The summed E-state index contributed by atoms with van der Waals surface area (Å²) in [5, 5.41) is 11.7. The maximum Gasteiger partial charge on any atom is 0.306 e. The van der Waals surface area contributed by atoms with Crippen molar-refractivity contribution < 1.29 is 42.9 Å². The van der Waals surface area contributed by atoms with Gasteiger partial charge >= 0.3 is 11.9 Å². The topological polar surface area (TPSA) is 111 Å². The van der Waals surface area contributed by atoms with Gasteiger partial charge in [-0.3, -0.25) is 9.59 Å². The van der Waals surface area contributed by atoms with Gasteiger partial charge in [-0.1, -0.05) is 208 Å². The summed E-state index contributed by atoms with van der Waals surface area (Å²) in [6, 6.07) is 0. The minimum atomic E-state index is -1.64. The van der Waals surface area contributed by atoms with E-state index in [9.17, 15) is 19.5 Å². The number of unbranched alkanes of at least 4 members (excludes halogenated alkanes) is 18. The molecule has 0 aliphatic heterocycles. The number of hydrogen-bond donors (Lipinski definition) is 0. The van der Waals surface area contributed by atoms with E-state index in [0.29, 0.717) is 23.9 Å². The molecule has 0 amide bonds. The van der Waals surface area contributed by atoms with Crippen LogP contribution in [-0.4, -0.2) is 82.3 Å². The largest absolute Gasteiger partial charge is 0.545 e. The molecule has 0 radical (unpaired) electrons. The molecular formula is C57H97NO8. The molecule has 0 fully saturated rings. The predicted molar refractivity (Wildman–Crippen MR) is 274 cm³/mol. The molecule has 9 heteroatoms. The van der Waals surface area contributed by atoms with Crippen molar-refractivity contribution in [2.24, 2.45) is 0 Å². The number of allylic oxidation sites excluding steroid dienone is 14. The fourth-order valence-electron chi connectivity index (χ4n) is 6.88. The number of likely N-dealkylation sites (N-methyl/N-ethyl adjacent to an activating group) is 1. The maximum absolute atomic E-state index is 12.8. The molecule has 0 aromatic heterocycles. The highest BCUT2D eigenvalue weighted by atomic mass is 16.7. The number of nitrogens with zero attached hydrogens (tertiary/aromatic N) is 1. The van der Waals surface area contributed by atoms with E-state index in [4.69, 9.17) is 18.9 Å². The molecule has 0 aromatic rings. The zero-order valence-corrected chi connectivity index (χ0v) is 42.8. The highest BCUT2D eigenvalue weighted by Crippen LogP contribution is 2.15. The van der Waals surface area contributed by atoms with Gasteiger partial charge in [-0.05, 0) is 64.2 Å². The van der Waals surface area contributed by atoms with Gasteiger partial charge in [0.15, 0.2) is 12.4 Å². The number of carbonyl (C=O) groups is 3. The van der Waals surface area contributed by atoms with Crippen LogP contribution in [-0.2, 0) is 33.3 Å². The first-order chi connectivity index (χ1) is 32.1. The molecule has 0 aliphatic rings. The molecular weight excluding hydrogens is 827 g/mol. The SMILES string of the molecule is CC/C=C\C/C=C\C/C=C\C/C=C\C/C=C\C/C=C\C/C=C\CCCC(=O)OC(COC(=O)CCCCCCCCCCCCCCCCCCCC)COC(OCC[N+](C)(C)C)C(=O)[O-]. The van der Waals surface area contributed by atoms with E-state index in [1.165, 1.54) is 96.3 Å². The highest BCUT2D eigenvalue weighted by molar-refractivity contribution is 5.70. The summed E-state index contributed by atoms with van der Waals surface area (Å²) in [6.07, 6.45) is 59.1. The Labute approximate surface area is 404 Å². The first-order valence-corrected chi connectivity index (χ1v) is 26.2. The Bertz CT molecular complexity index is 1350. The summed E-state index contributed by atoms with van der Waals surface area (Å²) in [5.74, 6) is -2.37. The molecule has 0 N–H and O–H groups in total. The van der Waals surface area contributed by atoms with Gasteiger partial charge in [0.25, 0.3) is 0 Å². The van der Waals surface area contributed by atoms with Crippen molar-refractivity contribution in [2.45, 2.75) is 212 Å².